The number of rotatable bonds is 7. The number of nitrogens with zero attached hydrogens (tertiary/aromatic N) is 1. The predicted molar refractivity (Wildman–Crippen MR) is 76.3 cm³/mol. The van der Waals surface area contributed by atoms with Crippen LogP contribution < -0.4 is 10.2 Å². The summed E-state index contributed by atoms with van der Waals surface area (Å²) in [5.74, 6) is 0. The molecule has 3 heteroatoms. The molecule has 1 aliphatic rings. The van der Waals surface area contributed by atoms with Gasteiger partial charge in [0, 0.05) is 25.9 Å². The van der Waals surface area contributed by atoms with Crippen LogP contribution in [0.2, 0.25) is 0 Å². The van der Waals surface area contributed by atoms with Crippen LogP contribution in [0.25, 0.3) is 0 Å². The number of ether oxygens (including phenoxy) is 1. The van der Waals surface area contributed by atoms with Crippen LogP contribution in [0.5, 0.6) is 0 Å². The molecule has 1 aromatic rings. The highest BCUT2D eigenvalue weighted by atomic mass is 16.5. The largest absolute Gasteiger partial charge is 0.383 e. The summed E-state index contributed by atoms with van der Waals surface area (Å²) in [5.41, 5.74) is 2.85. The van der Waals surface area contributed by atoms with E-state index in [9.17, 15) is 0 Å². The molecule has 1 atom stereocenters. The van der Waals surface area contributed by atoms with Gasteiger partial charge in [-0.05, 0) is 31.0 Å². The Labute approximate surface area is 110 Å². The maximum atomic E-state index is 5.38. The Hall–Kier alpha value is -1.06. The first-order valence-electron chi connectivity index (χ1n) is 6.91. The molecule has 2 rings (SSSR count). The number of hydrogen-bond donors (Lipinski definition) is 1. The van der Waals surface area contributed by atoms with E-state index < -0.39 is 0 Å². The Morgan fingerprint density at radius 2 is 2.22 bits per heavy atom. The zero-order valence-electron chi connectivity index (χ0n) is 11.5. The fourth-order valence-electron chi connectivity index (χ4n) is 2.64. The predicted octanol–water partition coefficient (Wildman–Crippen LogP) is 2.06. The molecule has 1 N–H and O–H groups in total. The number of hydrogen-bond acceptors (Lipinski definition) is 3. The third-order valence-electron chi connectivity index (χ3n) is 3.53. The van der Waals surface area contributed by atoms with Crippen molar-refractivity contribution in [1.82, 2.24) is 5.32 Å². The van der Waals surface area contributed by atoms with Gasteiger partial charge in [-0.2, -0.15) is 0 Å². The van der Waals surface area contributed by atoms with E-state index in [1.54, 1.807) is 7.11 Å². The van der Waals surface area contributed by atoms with Gasteiger partial charge in [0.15, 0.2) is 0 Å². The van der Waals surface area contributed by atoms with Crippen molar-refractivity contribution in [3.63, 3.8) is 0 Å². The molecule has 100 valence electrons. The smallest absolute Gasteiger partial charge is 0.0678 e. The summed E-state index contributed by atoms with van der Waals surface area (Å²) in [6.07, 6.45) is 2.33. The van der Waals surface area contributed by atoms with E-state index in [4.69, 9.17) is 4.74 Å². The van der Waals surface area contributed by atoms with Gasteiger partial charge in [-0.15, -0.1) is 0 Å². The van der Waals surface area contributed by atoms with Gasteiger partial charge in [-0.3, -0.25) is 0 Å². The van der Waals surface area contributed by atoms with Gasteiger partial charge in [0.05, 0.1) is 12.6 Å². The second-order valence-electron chi connectivity index (χ2n) is 4.89. The molecule has 0 fully saturated rings. The number of methoxy groups -OCH3 is 1. The van der Waals surface area contributed by atoms with Crippen molar-refractivity contribution in [2.75, 3.05) is 38.3 Å². The van der Waals surface area contributed by atoms with Crippen LogP contribution in [0.3, 0.4) is 0 Å². The standard InChI is InChI=1S/C15H24N2O/c1-3-9-16-11-14(12-18-2)17-10-8-13-6-4-5-7-15(13)17/h4-7,14,16H,3,8-12H2,1-2H3. The molecule has 1 heterocycles. The Kier molecular flexibility index (Phi) is 5.02. The first kappa shape index (κ1) is 13.4. The van der Waals surface area contributed by atoms with E-state index in [1.807, 2.05) is 0 Å². The third kappa shape index (κ3) is 3.03. The van der Waals surface area contributed by atoms with Crippen LogP contribution in [0, 0.1) is 0 Å². The molecule has 1 unspecified atom stereocenters. The Morgan fingerprint density at radius 1 is 1.39 bits per heavy atom. The minimum atomic E-state index is 0.435. The van der Waals surface area contributed by atoms with Crippen LogP contribution in [0.1, 0.15) is 18.9 Å². The lowest BCUT2D eigenvalue weighted by Gasteiger charge is -2.30. The molecule has 3 nitrogen and oxygen atoms in total. The molecule has 0 aliphatic carbocycles. The van der Waals surface area contributed by atoms with E-state index in [0.29, 0.717) is 6.04 Å². The highest BCUT2D eigenvalue weighted by Gasteiger charge is 2.25. The Bertz CT molecular complexity index is 367. The summed E-state index contributed by atoms with van der Waals surface area (Å²) in [7, 11) is 1.79. The second kappa shape index (κ2) is 6.76. The average molecular weight is 248 g/mol. The maximum Gasteiger partial charge on any atom is 0.0678 e. The number of nitrogens with one attached hydrogen (secondary N) is 1. The van der Waals surface area contributed by atoms with Crippen LogP contribution in [-0.2, 0) is 11.2 Å². The lowest BCUT2D eigenvalue weighted by Crippen LogP contribution is -2.44. The zero-order chi connectivity index (χ0) is 12.8. The molecule has 1 aliphatic heterocycles. The van der Waals surface area contributed by atoms with Gasteiger partial charge in [0.25, 0.3) is 0 Å². The van der Waals surface area contributed by atoms with Gasteiger partial charge >= 0.3 is 0 Å². The molecule has 0 amide bonds. The molecule has 18 heavy (non-hydrogen) atoms. The summed E-state index contributed by atoms with van der Waals surface area (Å²) < 4.78 is 5.38. The van der Waals surface area contributed by atoms with E-state index in [1.165, 1.54) is 17.7 Å². The summed E-state index contributed by atoms with van der Waals surface area (Å²) in [6.45, 7) is 6.17. The summed E-state index contributed by atoms with van der Waals surface area (Å²) in [6, 6.07) is 9.15. The molecule has 0 saturated heterocycles. The van der Waals surface area contributed by atoms with Crippen molar-refractivity contribution in [3.8, 4) is 0 Å². The van der Waals surface area contributed by atoms with Crippen molar-refractivity contribution in [3.05, 3.63) is 29.8 Å². The van der Waals surface area contributed by atoms with Crippen molar-refractivity contribution < 1.29 is 4.74 Å². The SMILES string of the molecule is CCCNCC(COC)N1CCc2ccccc21. The molecule has 0 aromatic heterocycles. The number of fused-ring (bicyclic) bond motifs is 1. The lowest BCUT2D eigenvalue weighted by atomic mass is 10.1. The van der Waals surface area contributed by atoms with Crippen molar-refractivity contribution in [1.29, 1.82) is 0 Å². The lowest BCUT2D eigenvalue weighted by molar-refractivity contribution is 0.176. The van der Waals surface area contributed by atoms with E-state index >= 15 is 0 Å². The monoisotopic (exact) mass is 248 g/mol. The first-order chi connectivity index (χ1) is 8.86. The van der Waals surface area contributed by atoms with Gasteiger partial charge < -0.3 is 15.0 Å². The van der Waals surface area contributed by atoms with E-state index in [0.717, 1.165) is 32.7 Å². The van der Waals surface area contributed by atoms with Crippen LogP contribution in [0.4, 0.5) is 5.69 Å². The van der Waals surface area contributed by atoms with Gasteiger partial charge in [0.2, 0.25) is 0 Å². The number of para-hydroxylation sites is 1. The molecular formula is C15H24N2O. The van der Waals surface area contributed by atoms with Crippen LogP contribution in [0.15, 0.2) is 24.3 Å². The van der Waals surface area contributed by atoms with Crippen molar-refractivity contribution in [2.45, 2.75) is 25.8 Å². The Morgan fingerprint density at radius 3 is 3.00 bits per heavy atom. The highest BCUT2D eigenvalue weighted by molar-refractivity contribution is 5.58. The Balaban J connectivity index is 2.03. The number of benzene rings is 1. The molecule has 0 radical (unpaired) electrons. The van der Waals surface area contributed by atoms with Crippen LogP contribution in [-0.4, -0.2) is 39.4 Å². The zero-order valence-corrected chi connectivity index (χ0v) is 11.5. The first-order valence-corrected chi connectivity index (χ1v) is 6.91. The summed E-state index contributed by atoms with van der Waals surface area (Å²) in [4.78, 5) is 2.49. The molecule has 0 bridgehead atoms. The molecule has 0 spiro atoms. The van der Waals surface area contributed by atoms with Gasteiger partial charge in [-0.1, -0.05) is 25.1 Å². The second-order valence-corrected chi connectivity index (χ2v) is 4.89. The minimum Gasteiger partial charge on any atom is -0.383 e. The van der Waals surface area contributed by atoms with Crippen molar-refractivity contribution in [2.24, 2.45) is 0 Å². The van der Waals surface area contributed by atoms with Gasteiger partial charge in [-0.25, -0.2) is 0 Å². The fraction of sp³-hybridized carbons (Fsp3) is 0.600. The fourth-order valence-corrected chi connectivity index (χ4v) is 2.64. The topological polar surface area (TPSA) is 24.5 Å². The van der Waals surface area contributed by atoms with Crippen molar-refractivity contribution >= 4 is 5.69 Å². The normalized spacial score (nSPS) is 15.8. The van der Waals surface area contributed by atoms with E-state index in [2.05, 4.69) is 41.4 Å². The molecule has 1 aromatic carbocycles. The van der Waals surface area contributed by atoms with E-state index in [-0.39, 0.29) is 0 Å². The molecular weight excluding hydrogens is 224 g/mol. The summed E-state index contributed by atoms with van der Waals surface area (Å²) >= 11 is 0. The average Bonchev–Trinajstić information content (AvgIpc) is 2.82. The highest BCUT2D eigenvalue weighted by Crippen LogP contribution is 2.29. The maximum absolute atomic E-state index is 5.38. The quantitative estimate of drug-likeness (QED) is 0.748. The minimum absolute atomic E-state index is 0.435. The number of anilines is 1. The van der Waals surface area contributed by atoms with Crippen LogP contribution >= 0.6 is 0 Å². The van der Waals surface area contributed by atoms with Gasteiger partial charge in [0.1, 0.15) is 0 Å². The summed E-state index contributed by atoms with van der Waals surface area (Å²) in [5, 5.41) is 3.51. The molecule has 0 saturated carbocycles. The third-order valence-corrected chi connectivity index (χ3v) is 3.53.